The molecule has 1 rings (SSSR count). The average Bonchev–Trinajstić information content (AvgIpc) is 2.49. The van der Waals surface area contributed by atoms with E-state index < -0.39 is 0 Å². The minimum absolute atomic E-state index is 0.665. The van der Waals surface area contributed by atoms with Gasteiger partial charge in [-0.2, -0.15) is 0 Å². The van der Waals surface area contributed by atoms with Crippen LogP contribution in [0.5, 0.6) is 0 Å². The maximum Gasteiger partial charge on any atom is 0.0931 e. The first-order valence-corrected chi connectivity index (χ1v) is 6.71. The second kappa shape index (κ2) is 6.05. The molecule has 13 heavy (non-hydrogen) atoms. The number of thiophene rings is 1. The van der Waals surface area contributed by atoms with Crippen LogP contribution < -0.4 is 0 Å². The van der Waals surface area contributed by atoms with E-state index in [-0.39, 0.29) is 0 Å². The summed E-state index contributed by atoms with van der Waals surface area (Å²) in [6.45, 7) is 2.22. The van der Waals surface area contributed by atoms with Gasteiger partial charge < -0.3 is 0 Å². The van der Waals surface area contributed by atoms with E-state index in [1.54, 1.807) is 11.3 Å². The smallest absolute Gasteiger partial charge is 0.0931 e. The summed E-state index contributed by atoms with van der Waals surface area (Å²) in [7, 11) is 0. The summed E-state index contributed by atoms with van der Waals surface area (Å²) in [4.78, 5) is 2.06. The summed E-state index contributed by atoms with van der Waals surface area (Å²) in [5.74, 6) is 0. The molecule has 0 aliphatic heterocycles. The molecule has 0 spiro atoms. The maximum absolute atomic E-state index is 5.84. The Kier molecular flexibility index (Phi) is 5.37. The van der Waals surface area contributed by atoms with Crippen LogP contribution in [-0.2, 0) is 6.42 Å². The molecule has 1 atom stereocenters. The third kappa shape index (κ3) is 4.48. The Balaban J connectivity index is 2.26. The van der Waals surface area contributed by atoms with Crippen molar-refractivity contribution in [2.75, 3.05) is 0 Å². The van der Waals surface area contributed by atoms with Gasteiger partial charge in [-0.15, -0.1) is 11.3 Å². The Hall–Kier alpha value is 0.470. The highest BCUT2D eigenvalue weighted by Crippen LogP contribution is 2.24. The van der Waals surface area contributed by atoms with Crippen LogP contribution in [0.1, 0.15) is 31.1 Å². The van der Waals surface area contributed by atoms with Gasteiger partial charge in [-0.3, -0.25) is 0 Å². The monoisotopic (exact) mass is 280 g/mol. The Bertz CT molecular complexity index is 247. The lowest BCUT2D eigenvalue weighted by molar-refractivity contribution is 0.697. The molecule has 0 fully saturated rings. The zero-order valence-electron chi connectivity index (χ0n) is 7.72. The minimum Gasteiger partial charge on any atom is -0.128 e. The third-order valence-electron chi connectivity index (χ3n) is 1.93. The van der Waals surface area contributed by atoms with Gasteiger partial charge in [-0.25, -0.2) is 0 Å². The zero-order chi connectivity index (χ0) is 9.68. The number of alkyl halides is 1. The van der Waals surface area contributed by atoms with Crippen molar-refractivity contribution >= 4 is 38.9 Å². The van der Waals surface area contributed by atoms with Crippen molar-refractivity contribution < 1.29 is 0 Å². The van der Waals surface area contributed by atoms with Crippen LogP contribution in [0.25, 0.3) is 0 Å². The highest BCUT2D eigenvalue weighted by Gasteiger charge is 2.04. The number of halogens is 2. The predicted molar refractivity (Wildman–Crippen MR) is 65.3 cm³/mol. The maximum atomic E-state index is 5.84. The highest BCUT2D eigenvalue weighted by molar-refractivity contribution is 9.09. The topological polar surface area (TPSA) is 0 Å². The lowest BCUT2D eigenvalue weighted by Gasteiger charge is -2.05. The van der Waals surface area contributed by atoms with Crippen LogP contribution in [0.4, 0.5) is 0 Å². The van der Waals surface area contributed by atoms with E-state index in [0.717, 1.165) is 10.8 Å². The molecule has 0 amide bonds. The fourth-order valence-electron chi connectivity index (χ4n) is 1.24. The Morgan fingerprint density at radius 1 is 1.46 bits per heavy atom. The SMILES string of the molecule is CCCC(Br)CCc1ccc(Cl)s1. The van der Waals surface area contributed by atoms with Crippen molar-refractivity contribution in [2.24, 2.45) is 0 Å². The van der Waals surface area contributed by atoms with Crippen molar-refractivity contribution in [1.82, 2.24) is 0 Å². The lowest BCUT2D eigenvalue weighted by atomic mass is 10.1. The first kappa shape index (κ1) is 11.5. The minimum atomic E-state index is 0.665. The van der Waals surface area contributed by atoms with Gasteiger partial charge >= 0.3 is 0 Å². The van der Waals surface area contributed by atoms with E-state index in [4.69, 9.17) is 11.6 Å². The van der Waals surface area contributed by atoms with Gasteiger partial charge in [-0.1, -0.05) is 40.9 Å². The van der Waals surface area contributed by atoms with Crippen molar-refractivity contribution in [3.05, 3.63) is 21.3 Å². The molecule has 1 aromatic rings. The molecule has 0 aliphatic rings. The standard InChI is InChI=1S/C10H14BrClS/c1-2-3-8(11)4-5-9-6-7-10(12)13-9/h6-8H,2-5H2,1H3. The first-order valence-electron chi connectivity index (χ1n) is 4.60. The van der Waals surface area contributed by atoms with Crippen LogP contribution in [0.15, 0.2) is 12.1 Å². The second-order valence-corrected chi connectivity index (χ2v) is 6.23. The quantitative estimate of drug-likeness (QED) is 0.674. The molecule has 1 heterocycles. The number of rotatable bonds is 5. The highest BCUT2D eigenvalue weighted by atomic mass is 79.9. The predicted octanol–water partition coefficient (Wildman–Crippen LogP) is 4.90. The summed E-state index contributed by atoms with van der Waals surface area (Å²) < 4.78 is 0.900. The number of hydrogen-bond acceptors (Lipinski definition) is 1. The van der Waals surface area contributed by atoms with E-state index in [0.29, 0.717) is 4.83 Å². The summed E-state index contributed by atoms with van der Waals surface area (Å²) in [6.07, 6.45) is 4.87. The third-order valence-corrected chi connectivity index (χ3v) is 4.14. The van der Waals surface area contributed by atoms with Crippen LogP contribution in [0.3, 0.4) is 0 Å². The van der Waals surface area contributed by atoms with Crippen LogP contribution in [-0.4, -0.2) is 4.83 Å². The molecular formula is C10H14BrClS. The van der Waals surface area contributed by atoms with Gasteiger partial charge in [0.2, 0.25) is 0 Å². The molecule has 74 valence electrons. The van der Waals surface area contributed by atoms with E-state index in [1.807, 2.05) is 6.07 Å². The molecule has 0 nitrogen and oxygen atoms in total. The molecular weight excluding hydrogens is 268 g/mol. The van der Waals surface area contributed by atoms with Gasteiger partial charge in [0.1, 0.15) is 0 Å². The summed E-state index contributed by atoms with van der Waals surface area (Å²) in [5, 5.41) is 0. The van der Waals surface area contributed by atoms with E-state index in [9.17, 15) is 0 Å². The fourth-order valence-corrected chi connectivity index (χ4v) is 3.03. The summed E-state index contributed by atoms with van der Waals surface area (Å²) in [6, 6.07) is 4.10. The van der Waals surface area contributed by atoms with Crippen LogP contribution in [0.2, 0.25) is 4.34 Å². The van der Waals surface area contributed by atoms with Gasteiger partial charge in [0.05, 0.1) is 4.34 Å². The van der Waals surface area contributed by atoms with Gasteiger partial charge in [0.15, 0.2) is 0 Å². The van der Waals surface area contributed by atoms with Crippen LogP contribution in [0, 0.1) is 0 Å². The van der Waals surface area contributed by atoms with E-state index in [1.165, 1.54) is 24.1 Å². The zero-order valence-corrected chi connectivity index (χ0v) is 10.9. The summed E-state index contributed by atoms with van der Waals surface area (Å²) >= 11 is 11.2. The molecule has 0 aromatic carbocycles. The number of aryl methyl sites for hydroxylation is 1. The Morgan fingerprint density at radius 3 is 2.77 bits per heavy atom. The fraction of sp³-hybridized carbons (Fsp3) is 0.600. The molecule has 0 saturated heterocycles. The Morgan fingerprint density at radius 2 is 2.23 bits per heavy atom. The molecule has 0 bridgehead atoms. The molecule has 1 aromatic heterocycles. The molecule has 0 radical (unpaired) electrons. The number of hydrogen-bond donors (Lipinski definition) is 0. The van der Waals surface area contributed by atoms with Crippen molar-refractivity contribution in [3.8, 4) is 0 Å². The molecule has 1 unspecified atom stereocenters. The average molecular weight is 282 g/mol. The van der Waals surface area contributed by atoms with Crippen molar-refractivity contribution in [3.63, 3.8) is 0 Å². The molecule has 3 heteroatoms. The second-order valence-electron chi connectivity index (χ2n) is 3.13. The van der Waals surface area contributed by atoms with E-state index in [2.05, 4.69) is 28.9 Å². The lowest BCUT2D eigenvalue weighted by Crippen LogP contribution is -1.98. The molecule has 0 N–H and O–H groups in total. The first-order chi connectivity index (χ1) is 6.22. The van der Waals surface area contributed by atoms with Crippen LogP contribution >= 0.6 is 38.9 Å². The summed E-state index contributed by atoms with van der Waals surface area (Å²) in [5.41, 5.74) is 0. The van der Waals surface area contributed by atoms with Crippen molar-refractivity contribution in [1.29, 1.82) is 0 Å². The van der Waals surface area contributed by atoms with Gasteiger partial charge in [0, 0.05) is 9.70 Å². The van der Waals surface area contributed by atoms with Crippen molar-refractivity contribution in [2.45, 2.75) is 37.4 Å². The Labute approximate surface area is 97.4 Å². The largest absolute Gasteiger partial charge is 0.128 e. The normalized spacial score (nSPS) is 13.2. The van der Waals surface area contributed by atoms with Gasteiger partial charge in [-0.05, 0) is 31.4 Å². The van der Waals surface area contributed by atoms with E-state index >= 15 is 0 Å². The molecule has 0 saturated carbocycles. The molecule has 0 aliphatic carbocycles. The van der Waals surface area contributed by atoms with Gasteiger partial charge in [0.25, 0.3) is 0 Å².